The highest BCUT2D eigenvalue weighted by atomic mass is 127. The molecule has 2 heterocycles. The van der Waals surface area contributed by atoms with Gasteiger partial charge in [-0.1, -0.05) is 5.16 Å². The smallest absolute Gasteiger partial charge is 0.329 e. The Morgan fingerprint density at radius 1 is 1.40 bits per heavy atom. The van der Waals surface area contributed by atoms with Gasteiger partial charge in [-0.15, -0.1) is 0 Å². The van der Waals surface area contributed by atoms with Crippen LogP contribution in [-0.4, -0.2) is 18.1 Å². The van der Waals surface area contributed by atoms with Gasteiger partial charge in [0.25, 0.3) is 0 Å². The predicted molar refractivity (Wildman–Crippen MR) is 49.9 cm³/mol. The molecule has 2 rings (SSSR count). The van der Waals surface area contributed by atoms with E-state index in [1.165, 1.54) is 15.3 Å². The van der Waals surface area contributed by atoms with Crippen LogP contribution in [0.1, 0.15) is 5.89 Å². The summed E-state index contributed by atoms with van der Waals surface area (Å²) >= 11 is 1.85. The first-order chi connectivity index (χ1) is 6.97. The summed E-state index contributed by atoms with van der Waals surface area (Å²) in [5, 5.41) is 6.97. The normalized spacial score (nSPS) is 12.0. The van der Waals surface area contributed by atoms with E-state index in [2.05, 4.69) is 19.8 Å². The molecule has 0 aliphatic carbocycles. The molecule has 5 nitrogen and oxygen atoms in total. The van der Waals surface area contributed by atoms with Gasteiger partial charge in [-0.3, -0.25) is 0 Å². The quantitative estimate of drug-likeness (QED) is 0.752. The summed E-state index contributed by atoms with van der Waals surface area (Å²) in [4.78, 5) is 3.21. The highest BCUT2D eigenvalue weighted by Crippen LogP contribution is 2.29. The van der Waals surface area contributed by atoms with Crippen molar-refractivity contribution in [1.29, 1.82) is 0 Å². The van der Waals surface area contributed by atoms with Crippen LogP contribution in [0.4, 0.5) is 13.2 Å². The molecule has 0 N–H and O–H groups in total. The lowest BCUT2D eigenvalue weighted by molar-refractivity contribution is -0.159. The highest BCUT2D eigenvalue weighted by molar-refractivity contribution is 14.1. The topological polar surface area (TPSA) is 56.7 Å². The number of aromatic nitrogens is 4. The number of nitrogens with zero attached hydrogens (tertiary/aromatic N) is 4. The van der Waals surface area contributed by atoms with Crippen LogP contribution in [0.3, 0.4) is 0 Å². The summed E-state index contributed by atoms with van der Waals surface area (Å²) in [6.45, 7) is 0. The fourth-order valence-corrected chi connectivity index (χ4v) is 1.29. The van der Waals surface area contributed by atoms with Gasteiger partial charge in [-0.2, -0.15) is 23.3 Å². The van der Waals surface area contributed by atoms with E-state index in [1.807, 2.05) is 22.9 Å². The zero-order valence-corrected chi connectivity index (χ0v) is 9.02. The zero-order valence-electron chi connectivity index (χ0n) is 6.86. The van der Waals surface area contributed by atoms with Crippen molar-refractivity contribution in [2.75, 3.05) is 0 Å². The number of alkyl halides is 3. The summed E-state index contributed by atoms with van der Waals surface area (Å²) in [5.41, 5.74) is 0.364. The molecule has 2 aromatic rings. The third-order valence-corrected chi connectivity index (χ3v) is 2.01. The van der Waals surface area contributed by atoms with Crippen molar-refractivity contribution in [2.24, 2.45) is 0 Å². The van der Waals surface area contributed by atoms with Gasteiger partial charge in [0.1, 0.15) is 0 Å². The van der Waals surface area contributed by atoms with Crippen molar-refractivity contribution in [2.45, 2.75) is 6.18 Å². The summed E-state index contributed by atoms with van der Waals surface area (Å²) in [6.07, 6.45) is -1.80. The van der Waals surface area contributed by atoms with Crippen LogP contribution >= 0.6 is 22.9 Å². The lowest BCUT2D eigenvalue weighted by Crippen LogP contribution is -2.04. The Labute approximate surface area is 94.8 Å². The van der Waals surface area contributed by atoms with Gasteiger partial charge in [0.05, 0.1) is 34.6 Å². The van der Waals surface area contributed by atoms with Crippen LogP contribution < -0.4 is 0 Å². The van der Waals surface area contributed by atoms with Crippen LogP contribution in [0.15, 0.2) is 16.9 Å². The van der Waals surface area contributed by atoms with Crippen molar-refractivity contribution < 1.29 is 17.7 Å². The van der Waals surface area contributed by atoms with Crippen molar-refractivity contribution in [3.8, 4) is 11.4 Å². The average Bonchev–Trinajstić information content (AvgIpc) is 2.69. The second-order valence-electron chi connectivity index (χ2n) is 2.54. The summed E-state index contributed by atoms with van der Waals surface area (Å²) in [7, 11) is 0. The molecule has 0 aliphatic rings. The van der Waals surface area contributed by atoms with Gasteiger partial charge in [0, 0.05) is 6.20 Å². The first kappa shape index (κ1) is 10.4. The third kappa shape index (κ3) is 2.11. The molecule has 2 aromatic heterocycles. The second-order valence-corrected chi connectivity index (χ2v) is 3.53. The van der Waals surface area contributed by atoms with Gasteiger partial charge in [-0.25, -0.2) is 2.90 Å². The first-order valence-corrected chi connectivity index (χ1v) is 4.55. The Bertz CT molecular complexity index is 477. The van der Waals surface area contributed by atoms with Crippen LogP contribution in [-0.2, 0) is 6.18 Å². The minimum absolute atomic E-state index is 0.134. The molecule has 0 fully saturated rings. The minimum Gasteiger partial charge on any atom is -0.329 e. The van der Waals surface area contributed by atoms with Crippen LogP contribution in [0, 0.1) is 0 Å². The molecule has 0 unspecified atom stereocenters. The van der Waals surface area contributed by atoms with Crippen molar-refractivity contribution in [3.05, 3.63) is 18.3 Å². The fourth-order valence-electron chi connectivity index (χ4n) is 0.870. The number of hydrogen-bond acceptors (Lipinski definition) is 4. The van der Waals surface area contributed by atoms with Gasteiger partial charge in [-0.05, 0) is 0 Å². The Hall–Kier alpha value is -1.13. The zero-order chi connectivity index (χ0) is 11.1. The molecule has 0 radical (unpaired) electrons. The van der Waals surface area contributed by atoms with Crippen LogP contribution in [0.5, 0.6) is 0 Å². The summed E-state index contributed by atoms with van der Waals surface area (Å²) in [5.74, 6) is -1.50. The second kappa shape index (κ2) is 3.47. The molecule has 0 saturated heterocycles. The molecule has 0 amide bonds. The predicted octanol–water partition coefficient (Wildman–Crippen LogP) is 2.15. The van der Waals surface area contributed by atoms with Crippen molar-refractivity contribution in [1.82, 2.24) is 18.1 Å². The molecule has 0 saturated carbocycles. The van der Waals surface area contributed by atoms with Gasteiger partial charge in [0.15, 0.2) is 0 Å². The monoisotopic (exact) mass is 330 g/mol. The van der Waals surface area contributed by atoms with Gasteiger partial charge in [0.2, 0.25) is 5.82 Å². The molecule has 0 aliphatic heterocycles. The Balaban J connectivity index is 2.36. The largest absolute Gasteiger partial charge is 0.471 e. The lowest BCUT2D eigenvalue weighted by Gasteiger charge is -1.95. The molecule has 80 valence electrons. The third-order valence-electron chi connectivity index (χ3n) is 1.48. The standard InChI is InChI=1S/C6H2F3IN4O/c7-6(8,9)5-12-4(13-15-5)3-1-11-14(10)2-3/h1-2H. The van der Waals surface area contributed by atoms with E-state index in [0.717, 1.165) is 0 Å². The van der Waals surface area contributed by atoms with E-state index < -0.39 is 12.1 Å². The maximum atomic E-state index is 12.1. The van der Waals surface area contributed by atoms with Crippen LogP contribution in [0.25, 0.3) is 11.4 Å². The molecular weight excluding hydrogens is 328 g/mol. The molecular formula is C6H2F3IN4O. The lowest BCUT2D eigenvalue weighted by atomic mass is 10.3. The SMILES string of the molecule is FC(F)(F)c1nc(-c2cnn(I)c2)no1. The minimum atomic E-state index is -4.62. The van der Waals surface area contributed by atoms with E-state index in [9.17, 15) is 13.2 Å². The van der Waals surface area contributed by atoms with Crippen molar-refractivity contribution >= 4 is 22.9 Å². The number of rotatable bonds is 1. The molecule has 0 atom stereocenters. The van der Waals surface area contributed by atoms with Gasteiger partial charge >= 0.3 is 12.1 Å². The first-order valence-electron chi connectivity index (χ1n) is 3.59. The van der Waals surface area contributed by atoms with E-state index in [0.29, 0.717) is 5.56 Å². The van der Waals surface area contributed by atoms with E-state index >= 15 is 0 Å². The van der Waals surface area contributed by atoms with Crippen LogP contribution in [0.2, 0.25) is 0 Å². The number of hydrogen-bond donors (Lipinski definition) is 0. The molecule has 15 heavy (non-hydrogen) atoms. The van der Waals surface area contributed by atoms with E-state index in [-0.39, 0.29) is 5.82 Å². The fraction of sp³-hybridized carbons (Fsp3) is 0.167. The molecule has 9 heteroatoms. The van der Waals surface area contributed by atoms with E-state index in [4.69, 9.17) is 0 Å². The Morgan fingerprint density at radius 3 is 2.60 bits per heavy atom. The molecule has 0 aromatic carbocycles. The van der Waals surface area contributed by atoms with Gasteiger partial charge < -0.3 is 4.52 Å². The van der Waals surface area contributed by atoms with E-state index in [1.54, 1.807) is 0 Å². The Morgan fingerprint density at radius 2 is 2.13 bits per heavy atom. The highest BCUT2D eigenvalue weighted by Gasteiger charge is 2.38. The average molecular weight is 330 g/mol. The Kier molecular flexibility index (Phi) is 2.40. The summed E-state index contributed by atoms with van der Waals surface area (Å²) in [6, 6.07) is 0. The maximum absolute atomic E-state index is 12.1. The molecule has 0 bridgehead atoms. The molecule has 0 spiro atoms. The maximum Gasteiger partial charge on any atom is 0.471 e. The van der Waals surface area contributed by atoms with Crippen molar-refractivity contribution in [3.63, 3.8) is 0 Å². The number of halogens is 4. The summed E-state index contributed by atoms with van der Waals surface area (Å²) < 4.78 is 41.8.